The molecule has 0 aliphatic carbocycles. The number of quaternary nitrogens is 1. The van der Waals surface area contributed by atoms with Crippen molar-refractivity contribution in [2.45, 2.75) is 26.4 Å². The molecule has 5 heteroatoms. The summed E-state index contributed by atoms with van der Waals surface area (Å²) in [5.74, 6) is 2.65. The van der Waals surface area contributed by atoms with Crippen molar-refractivity contribution < 1.29 is 18.9 Å². The van der Waals surface area contributed by atoms with Crippen molar-refractivity contribution in [3.05, 3.63) is 83.7 Å². The summed E-state index contributed by atoms with van der Waals surface area (Å²) >= 11 is 0. The van der Waals surface area contributed by atoms with Crippen LogP contribution in [0.5, 0.6) is 0 Å². The Balaban J connectivity index is 1.57. The van der Waals surface area contributed by atoms with Crippen molar-refractivity contribution >= 4 is 5.91 Å². The summed E-state index contributed by atoms with van der Waals surface area (Å²) in [6.07, 6.45) is 2.47. The Hall–Kier alpha value is -2.79. The first-order valence-corrected chi connectivity index (χ1v) is 8.92. The molecule has 0 bridgehead atoms. The minimum Gasteiger partial charge on any atom is -0.464 e. The summed E-state index contributed by atoms with van der Waals surface area (Å²) < 4.78 is 11.0. The minimum absolute atomic E-state index is 0.0986. The van der Waals surface area contributed by atoms with E-state index in [2.05, 4.69) is 12.1 Å². The third-order valence-corrected chi connectivity index (χ3v) is 4.25. The molecule has 0 radical (unpaired) electrons. The van der Waals surface area contributed by atoms with E-state index in [-0.39, 0.29) is 5.91 Å². The highest BCUT2D eigenvalue weighted by atomic mass is 16.3. The fraction of sp³-hybridized carbons (Fsp3) is 0.286. The lowest BCUT2D eigenvalue weighted by Gasteiger charge is -2.21. The summed E-state index contributed by atoms with van der Waals surface area (Å²) in [4.78, 5) is 14.6. The van der Waals surface area contributed by atoms with E-state index in [4.69, 9.17) is 8.83 Å². The first-order valence-electron chi connectivity index (χ1n) is 8.92. The zero-order chi connectivity index (χ0) is 18.2. The standard InChI is InChI=1S/C21H24N2O3/c1-17-9-10-20(26-17)16-23(12-11-18-6-3-2-4-7-18)21(24)15-22-14-19-8-5-13-25-19/h2-10,13,22H,11-12,14-16H2,1H3/p+1. The van der Waals surface area contributed by atoms with E-state index in [1.54, 1.807) is 6.26 Å². The summed E-state index contributed by atoms with van der Waals surface area (Å²) in [5.41, 5.74) is 1.22. The van der Waals surface area contributed by atoms with Gasteiger partial charge in [-0.2, -0.15) is 0 Å². The second-order valence-electron chi connectivity index (χ2n) is 6.34. The van der Waals surface area contributed by atoms with Gasteiger partial charge in [0.15, 0.2) is 12.3 Å². The number of hydrogen-bond donors (Lipinski definition) is 1. The molecule has 1 aromatic carbocycles. The number of rotatable bonds is 9. The van der Waals surface area contributed by atoms with E-state index in [0.29, 0.717) is 26.2 Å². The van der Waals surface area contributed by atoms with Gasteiger partial charge in [-0.15, -0.1) is 0 Å². The van der Waals surface area contributed by atoms with Crippen molar-refractivity contribution in [3.8, 4) is 0 Å². The number of aryl methyl sites for hydroxylation is 1. The van der Waals surface area contributed by atoms with Gasteiger partial charge in [0.2, 0.25) is 0 Å². The summed E-state index contributed by atoms with van der Waals surface area (Å²) in [6.45, 7) is 4.11. The Morgan fingerprint density at radius 1 is 1.04 bits per heavy atom. The van der Waals surface area contributed by atoms with Gasteiger partial charge in [-0.1, -0.05) is 30.3 Å². The molecule has 0 saturated heterocycles. The Bertz CT molecular complexity index is 794. The smallest absolute Gasteiger partial charge is 0.278 e. The fourth-order valence-electron chi connectivity index (χ4n) is 2.85. The predicted molar refractivity (Wildman–Crippen MR) is 98.2 cm³/mol. The van der Waals surface area contributed by atoms with Crippen molar-refractivity contribution in [3.63, 3.8) is 0 Å². The maximum absolute atomic E-state index is 12.7. The first kappa shape index (κ1) is 18.0. The van der Waals surface area contributed by atoms with Gasteiger partial charge >= 0.3 is 0 Å². The molecule has 26 heavy (non-hydrogen) atoms. The van der Waals surface area contributed by atoms with Crippen LogP contribution in [-0.4, -0.2) is 23.9 Å². The zero-order valence-corrected chi connectivity index (χ0v) is 15.1. The zero-order valence-electron chi connectivity index (χ0n) is 15.1. The van der Waals surface area contributed by atoms with Crippen LogP contribution >= 0.6 is 0 Å². The van der Waals surface area contributed by atoms with Crippen LogP contribution in [0.1, 0.15) is 22.8 Å². The van der Waals surface area contributed by atoms with Crippen LogP contribution in [0, 0.1) is 6.92 Å². The second-order valence-corrected chi connectivity index (χ2v) is 6.34. The fourth-order valence-corrected chi connectivity index (χ4v) is 2.85. The topological polar surface area (TPSA) is 63.2 Å². The van der Waals surface area contributed by atoms with Gasteiger partial charge in [0.25, 0.3) is 5.91 Å². The molecule has 0 aliphatic heterocycles. The molecule has 3 rings (SSSR count). The van der Waals surface area contributed by atoms with Gasteiger partial charge in [-0.05, 0) is 43.2 Å². The van der Waals surface area contributed by atoms with E-state index < -0.39 is 0 Å². The highest BCUT2D eigenvalue weighted by Crippen LogP contribution is 2.11. The maximum atomic E-state index is 12.7. The summed E-state index contributed by atoms with van der Waals surface area (Å²) in [7, 11) is 0. The number of carbonyl (C=O) groups excluding carboxylic acids is 1. The molecular weight excluding hydrogens is 328 g/mol. The Morgan fingerprint density at radius 2 is 1.88 bits per heavy atom. The van der Waals surface area contributed by atoms with Crippen LogP contribution in [0.15, 0.2) is 69.7 Å². The van der Waals surface area contributed by atoms with Crippen molar-refractivity contribution in [2.24, 2.45) is 0 Å². The molecular formula is C21H25N2O3+. The number of nitrogens with zero attached hydrogens (tertiary/aromatic N) is 1. The molecule has 0 saturated carbocycles. The van der Waals surface area contributed by atoms with Crippen LogP contribution in [-0.2, 0) is 24.3 Å². The highest BCUT2D eigenvalue weighted by molar-refractivity contribution is 5.76. The van der Waals surface area contributed by atoms with Gasteiger partial charge in [0, 0.05) is 6.54 Å². The molecule has 0 spiro atoms. The van der Waals surface area contributed by atoms with E-state index in [1.165, 1.54) is 5.56 Å². The van der Waals surface area contributed by atoms with Crippen molar-refractivity contribution in [1.29, 1.82) is 0 Å². The van der Waals surface area contributed by atoms with E-state index in [0.717, 1.165) is 23.7 Å². The summed E-state index contributed by atoms with van der Waals surface area (Å²) in [6, 6.07) is 17.9. The molecule has 2 heterocycles. The third-order valence-electron chi connectivity index (χ3n) is 4.25. The van der Waals surface area contributed by atoms with Crippen molar-refractivity contribution in [2.75, 3.05) is 13.1 Å². The molecule has 1 amide bonds. The number of benzene rings is 1. The highest BCUT2D eigenvalue weighted by Gasteiger charge is 2.17. The van der Waals surface area contributed by atoms with Crippen LogP contribution < -0.4 is 5.32 Å². The van der Waals surface area contributed by atoms with Crippen molar-refractivity contribution in [1.82, 2.24) is 4.90 Å². The van der Waals surface area contributed by atoms with E-state index in [1.807, 2.05) is 59.6 Å². The largest absolute Gasteiger partial charge is 0.464 e. The van der Waals surface area contributed by atoms with Crippen LogP contribution in [0.4, 0.5) is 0 Å². The number of amides is 1. The molecule has 2 aromatic heterocycles. The van der Waals surface area contributed by atoms with Gasteiger partial charge in [-0.25, -0.2) is 0 Å². The lowest BCUT2D eigenvalue weighted by Crippen LogP contribution is -2.85. The van der Waals surface area contributed by atoms with Gasteiger partial charge in [0.05, 0.1) is 12.8 Å². The first-order chi connectivity index (χ1) is 12.7. The van der Waals surface area contributed by atoms with Gasteiger partial charge in [0.1, 0.15) is 18.1 Å². The Labute approximate surface area is 153 Å². The van der Waals surface area contributed by atoms with Gasteiger partial charge < -0.3 is 19.1 Å². The average molecular weight is 353 g/mol. The third kappa shape index (κ3) is 5.36. The monoisotopic (exact) mass is 353 g/mol. The molecule has 5 nitrogen and oxygen atoms in total. The number of furan rings is 2. The Morgan fingerprint density at radius 3 is 2.58 bits per heavy atom. The van der Waals surface area contributed by atoms with Crippen LogP contribution in [0.25, 0.3) is 0 Å². The van der Waals surface area contributed by atoms with Crippen LogP contribution in [0.3, 0.4) is 0 Å². The molecule has 0 unspecified atom stereocenters. The minimum atomic E-state index is 0.0986. The maximum Gasteiger partial charge on any atom is 0.278 e. The summed E-state index contributed by atoms with van der Waals surface area (Å²) in [5, 5.41) is 1.96. The van der Waals surface area contributed by atoms with Crippen LogP contribution in [0.2, 0.25) is 0 Å². The SMILES string of the molecule is Cc1ccc(CN(CCc2ccccc2)C(=O)C[NH2+]Cc2ccco2)o1. The quantitative estimate of drug-likeness (QED) is 0.643. The van der Waals surface area contributed by atoms with E-state index >= 15 is 0 Å². The second kappa shape index (κ2) is 9.06. The molecule has 0 fully saturated rings. The van der Waals surface area contributed by atoms with E-state index in [9.17, 15) is 4.79 Å². The number of nitrogens with two attached hydrogens (primary N) is 1. The molecule has 3 aromatic rings. The lowest BCUT2D eigenvalue weighted by molar-refractivity contribution is -0.662. The molecule has 0 aliphatic rings. The lowest BCUT2D eigenvalue weighted by atomic mass is 10.1. The normalized spacial score (nSPS) is 10.8. The van der Waals surface area contributed by atoms with Gasteiger partial charge in [-0.3, -0.25) is 4.79 Å². The predicted octanol–water partition coefficient (Wildman–Crippen LogP) is 2.52. The average Bonchev–Trinajstić information content (AvgIpc) is 3.31. The molecule has 136 valence electrons. The molecule has 2 N–H and O–H groups in total. The number of carbonyl (C=O) groups is 1. The molecule has 0 atom stereocenters. The Kier molecular flexibility index (Phi) is 6.28. The number of hydrogen-bond acceptors (Lipinski definition) is 3.